The van der Waals surface area contributed by atoms with E-state index in [2.05, 4.69) is 9.98 Å². The highest BCUT2D eigenvalue weighted by atomic mass is 32.1. The van der Waals surface area contributed by atoms with E-state index in [-0.39, 0.29) is 5.91 Å². The van der Waals surface area contributed by atoms with Gasteiger partial charge in [0.2, 0.25) is 0 Å². The minimum Gasteiger partial charge on any atom is -0.266 e. The maximum absolute atomic E-state index is 12.3. The van der Waals surface area contributed by atoms with Crippen molar-refractivity contribution in [1.29, 1.82) is 0 Å². The number of hydrogen-bond donors (Lipinski definition) is 0. The lowest BCUT2D eigenvalue weighted by Gasteiger charge is -2.10. The summed E-state index contributed by atoms with van der Waals surface area (Å²) in [5.41, 5.74) is 1.40. The van der Waals surface area contributed by atoms with E-state index in [0.29, 0.717) is 16.7 Å². The fourth-order valence-electron chi connectivity index (χ4n) is 1.89. The van der Waals surface area contributed by atoms with E-state index in [1.807, 2.05) is 42.6 Å². The standard InChI is InChI=1S/C14H11N3OS/c1-10-16-12(9-11-5-3-2-4-6-11)13(18)17(10)14-15-7-8-19-14/h2-9H,1H3. The SMILES string of the molecule is CC1=NC(=Cc2ccccc2)C(=O)N1c1nccs1. The lowest BCUT2D eigenvalue weighted by atomic mass is 10.2. The van der Waals surface area contributed by atoms with Crippen LogP contribution in [0.5, 0.6) is 0 Å². The van der Waals surface area contributed by atoms with Gasteiger partial charge < -0.3 is 0 Å². The number of benzene rings is 1. The largest absolute Gasteiger partial charge is 0.284 e. The van der Waals surface area contributed by atoms with Gasteiger partial charge in [-0.15, -0.1) is 11.3 Å². The Balaban J connectivity index is 1.95. The van der Waals surface area contributed by atoms with Gasteiger partial charge in [-0.3, -0.25) is 4.79 Å². The summed E-state index contributed by atoms with van der Waals surface area (Å²) in [6, 6.07) is 9.69. The van der Waals surface area contributed by atoms with Crippen LogP contribution in [0, 0.1) is 0 Å². The van der Waals surface area contributed by atoms with Gasteiger partial charge in [-0.25, -0.2) is 14.9 Å². The van der Waals surface area contributed by atoms with Gasteiger partial charge >= 0.3 is 0 Å². The summed E-state index contributed by atoms with van der Waals surface area (Å²) in [4.78, 5) is 22.3. The minimum atomic E-state index is -0.128. The number of aliphatic imine (C=N–C) groups is 1. The van der Waals surface area contributed by atoms with Crippen molar-refractivity contribution in [1.82, 2.24) is 4.98 Å². The summed E-state index contributed by atoms with van der Waals surface area (Å²) in [6.45, 7) is 1.81. The number of carbonyl (C=O) groups excluding carboxylic acids is 1. The van der Waals surface area contributed by atoms with Gasteiger partial charge in [0.1, 0.15) is 11.5 Å². The molecule has 0 saturated heterocycles. The molecule has 0 saturated carbocycles. The third-order valence-corrected chi connectivity index (χ3v) is 3.50. The Morgan fingerprint density at radius 2 is 2.05 bits per heavy atom. The average molecular weight is 269 g/mol. The van der Waals surface area contributed by atoms with Gasteiger partial charge in [0, 0.05) is 11.6 Å². The van der Waals surface area contributed by atoms with Crippen molar-refractivity contribution in [2.45, 2.75) is 6.92 Å². The van der Waals surface area contributed by atoms with Gasteiger partial charge in [0.05, 0.1) is 0 Å². The molecule has 0 aliphatic carbocycles. The lowest BCUT2D eigenvalue weighted by molar-refractivity contribution is -0.113. The first kappa shape index (κ1) is 11.8. The maximum atomic E-state index is 12.3. The molecule has 1 aliphatic rings. The Bertz CT molecular complexity index is 659. The summed E-state index contributed by atoms with van der Waals surface area (Å²) in [6.07, 6.45) is 3.47. The predicted octanol–water partition coefficient (Wildman–Crippen LogP) is 2.95. The lowest BCUT2D eigenvalue weighted by Crippen LogP contribution is -2.29. The molecule has 0 N–H and O–H groups in total. The first-order chi connectivity index (χ1) is 9.25. The first-order valence-electron chi connectivity index (χ1n) is 5.82. The van der Waals surface area contributed by atoms with Crippen molar-refractivity contribution in [2.24, 2.45) is 4.99 Å². The van der Waals surface area contributed by atoms with E-state index in [1.54, 1.807) is 17.2 Å². The Morgan fingerprint density at radius 3 is 2.74 bits per heavy atom. The molecule has 0 bridgehead atoms. The number of amidine groups is 1. The van der Waals surface area contributed by atoms with Gasteiger partial charge in [0.15, 0.2) is 5.13 Å². The monoisotopic (exact) mass is 269 g/mol. The fourth-order valence-corrected chi connectivity index (χ4v) is 2.57. The number of carbonyl (C=O) groups is 1. The van der Waals surface area contributed by atoms with Gasteiger partial charge in [0.25, 0.3) is 5.91 Å². The van der Waals surface area contributed by atoms with Crippen LogP contribution in [-0.4, -0.2) is 16.7 Å². The van der Waals surface area contributed by atoms with Gasteiger partial charge in [-0.05, 0) is 18.6 Å². The normalized spacial score (nSPS) is 17.1. The molecule has 3 rings (SSSR count). The van der Waals surface area contributed by atoms with Crippen molar-refractivity contribution in [3.05, 3.63) is 53.2 Å². The number of anilines is 1. The van der Waals surface area contributed by atoms with Crippen molar-refractivity contribution in [2.75, 3.05) is 4.90 Å². The van der Waals surface area contributed by atoms with Gasteiger partial charge in [-0.2, -0.15) is 0 Å². The summed E-state index contributed by atoms with van der Waals surface area (Å²) in [7, 11) is 0. The molecule has 1 amide bonds. The molecule has 94 valence electrons. The summed E-state index contributed by atoms with van der Waals surface area (Å²) in [5.74, 6) is 0.526. The maximum Gasteiger partial charge on any atom is 0.284 e. The molecular formula is C14H11N3OS. The van der Waals surface area contributed by atoms with Crippen molar-refractivity contribution < 1.29 is 4.79 Å². The number of aromatic nitrogens is 1. The molecule has 2 aromatic rings. The van der Waals surface area contributed by atoms with Gasteiger partial charge in [-0.1, -0.05) is 30.3 Å². The molecule has 1 aliphatic heterocycles. The first-order valence-corrected chi connectivity index (χ1v) is 6.69. The Labute approximate surface area is 114 Å². The summed E-state index contributed by atoms with van der Waals surface area (Å²) < 4.78 is 0. The van der Waals surface area contributed by atoms with E-state index >= 15 is 0 Å². The third kappa shape index (κ3) is 2.20. The third-order valence-electron chi connectivity index (χ3n) is 2.74. The highest BCUT2D eigenvalue weighted by Gasteiger charge is 2.30. The smallest absolute Gasteiger partial charge is 0.266 e. The molecule has 2 heterocycles. The molecule has 19 heavy (non-hydrogen) atoms. The van der Waals surface area contributed by atoms with Crippen molar-refractivity contribution in [3.8, 4) is 0 Å². The molecule has 0 unspecified atom stereocenters. The van der Waals surface area contributed by atoms with Crippen LogP contribution in [0.25, 0.3) is 6.08 Å². The topological polar surface area (TPSA) is 45.6 Å². The quantitative estimate of drug-likeness (QED) is 0.787. The molecule has 1 aromatic heterocycles. The van der Waals surface area contributed by atoms with E-state index in [4.69, 9.17) is 0 Å². The highest BCUT2D eigenvalue weighted by Crippen LogP contribution is 2.26. The second kappa shape index (κ2) is 4.78. The van der Waals surface area contributed by atoms with Crippen molar-refractivity contribution in [3.63, 3.8) is 0 Å². The van der Waals surface area contributed by atoms with Crippen LogP contribution in [0.15, 0.2) is 52.6 Å². The van der Waals surface area contributed by atoms with Crippen LogP contribution in [0.4, 0.5) is 5.13 Å². The van der Waals surface area contributed by atoms with E-state index in [1.165, 1.54) is 11.3 Å². The minimum absolute atomic E-state index is 0.128. The Hall–Kier alpha value is -2.27. The van der Waals surface area contributed by atoms with Crippen LogP contribution in [-0.2, 0) is 4.79 Å². The molecule has 0 radical (unpaired) electrons. The van der Waals surface area contributed by atoms with Crippen LogP contribution in [0.1, 0.15) is 12.5 Å². The summed E-state index contributed by atoms with van der Waals surface area (Å²) >= 11 is 1.42. The zero-order chi connectivity index (χ0) is 13.2. The average Bonchev–Trinajstić information content (AvgIpc) is 3.01. The molecule has 0 fully saturated rings. The Kier molecular flexibility index (Phi) is 2.97. The summed E-state index contributed by atoms with van der Waals surface area (Å²) in [5, 5.41) is 2.50. The highest BCUT2D eigenvalue weighted by molar-refractivity contribution is 7.14. The van der Waals surface area contributed by atoms with Crippen LogP contribution in [0.3, 0.4) is 0 Å². The van der Waals surface area contributed by atoms with E-state index in [0.717, 1.165) is 5.56 Å². The molecular weight excluding hydrogens is 258 g/mol. The van der Waals surface area contributed by atoms with Crippen LogP contribution >= 0.6 is 11.3 Å². The number of nitrogens with zero attached hydrogens (tertiary/aromatic N) is 3. The fraction of sp³-hybridized carbons (Fsp3) is 0.0714. The Morgan fingerprint density at radius 1 is 1.26 bits per heavy atom. The zero-order valence-electron chi connectivity index (χ0n) is 10.3. The van der Waals surface area contributed by atoms with Crippen LogP contribution < -0.4 is 4.90 Å². The number of amides is 1. The zero-order valence-corrected chi connectivity index (χ0v) is 11.1. The van der Waals surface area contributed by atoms with Crippen LogP contribution in [0.2, 0.25) is 0 Å². The molecule has 1 aromatic carbocycles. The predicted molar refractivity (Wildman–Crippen MR) is 77.1 cm³/mol. The van der Waals surface area contributed by atoms with E-state index in [9.17, 15) is 4.79 Å². The second-order valence-electron chi connectivity index (χ2n) is 4.05. The molecule has 0 spiro atoms. The number of thiazole rings is 1. The number of rotatable bonds is 2. The van der Waals surface area contributed by atoms with Crippen molar-refractivity contribution >= 4 is 34.3 Å². The second-order valence-corrected chi connectivity index (χ2v) is 4.93. The molecule has 5 heteroatoms. The van der Waals surface area contributed by atoms with E-state index < -0.39 is 0 Å². The number of hydrogen-bond acceptors (Lipinski definition) is 4. The molecule has 0 atom stereocenters. The molecule has 4 nitrogen and oxygen atoms in total.